The first-order valence-electron chi connectivity index (χ1n) is 5.61. The van der Waals surface area contributed by atoms with Gasteiger partial charge in [0.25, 0.3) is 5.56 Å². The number of aromatic nitrogens is 1. The molecule has 0 aliphatic carbocycles. The second-order valence-corrected chi connectivity index (χ2v) is 3.86. The highest BCUT2D eigenvalue weighted by Crippen LogP contribution is 2.27. The molecule has 0 aliphatic rings. The molecule has 0 aliphatic heterocycles. The van der Waals surface area contributed by atoms with Gasteiger partial charge in [-0.3, -0.25) is 4.79 Å². The van der Waals surface area contributed by atoms with Crippen molar-refractivity contribution >= 4 is 0 Å². The first-order valence-corrected chi connectivity index (χ1v) is 5.61. The molecular weight excluding hydrogens is 230 g/mol. The second kappa shape index (κ2) is 5.40. The van der Waals surface area contributed by atoms with E-state index in [0.29, 0.717) is 18.0 Å². The lowest BCUT2D eigenvalue weighted by atomic mass is 10.2. The maximum absolute atomic E-state index is 11.6. The fourth-order valence-corrected chi connectivity index (χ4v) is 1.77. The Kier molecular flexibility index (Phi) is 3.67. The summed E-state index contributed by atoms with van der Waals surface area (Å²) in [6.07, 6.45) is 1.76. The summed E-state index contributed by atoms with van der Waals surface area (Å²) in [5.41, 5.74) is 0.966. The predicted molar refractivity (Wildman–Crippen MR) is 69.4 cm³/mol. The molecule has 0 spiro atoms. The van der Waals surface area contributed by atoms with Gasteiger partial charge in [-0.1, -0.05) is 12.1 Å². The van der Waals surface area contributed by atoms with Crippen LogP contribution in [0.2, 0.25) is 0 Å². The quantitative estimate of drug-likeness (QED) is 0.826. The van der Waals surface area contributed by atoms with E-state index in [9.17, 15) is 4.79 Å². The Morgan fingerprint density at radius 3 is 2.50 bits per heavy atom. The van der Waals surface area contributed by atoms with Crippen LogP contribution in [0.15, 0.2) is 47.4 Å². The van der Waals surface area contributed by atoms with Crippen LogP contribution in [0.3, 0.4) is 0 Å². The van der Waals surface area contributed by atoms with Crippen molar-refractivity contribution in [3.05, 3.63) is 58.5 Å². The lowest BCUT2D eigenvalue weighted by Crippen LogP contribution is -2.18. The van der Waals surface area contributed by atoms with Crippen LogP contribution in [0.25, 0.3) is 0 Å². The van der Waals surface area contributed by atoms with Gasteiger partial charge in [0.15, 0.2) is 11.5 Å². The molecule has 0 unspecified atom stereocenters. The van der Waals surface area contributed by atoms with E-state index in [-0.39, 0.29) is 5.56 Å². The van der Waals surface area contributed by atoms with E-state index in [4.69, 9.17) is 9.47 Å². The number of rotatable bonds is 4. The normalized spacial score (nSPS) is 10.1. The van der Waals surface area contributed by atoms with Gasteiger partial charge in [-0.2, -0.15) is 0 Å². The molecule has 4 nitrogen and oxygen atoms in total. The van der Waals surface area contributed by atoms with E-state index in [1.807, 2.05) is 24.3 Å². The highest BCUT2D eigenvalue weighted by molar-refractivity contribution is 5.42. The molecule has 1 heterocycles. The number of nitrogens with zero attached hydrogens (tertiary/aromatic N) is 1. The summed E-state index contributed by atoms with van der Waals surface area (Å²) in [6.45, 7) is 0.514. The molecule has 0 amide bonds. The first kappa shape index (κ1) is 12.2. The highest BCUT2D eigenvalue weighted by atomic mass is 16.5. The standard InChI is InChI=1S/C14H15NO3/c1-17-12-7-6-11(9-13(12)18-2)10-15-8-4-3-5-14(15)16/h3-9H,10H2,1-2H3. The third kappa shape index (κ3) is 2.53. The summed E-state index contributed by atoms with van der Waals surface area (Å²) in [7, 11) is 3.19. The lowest BCUT2D eigenvalue weighted by molar-refractivity contribution is 0.354. The Morgan fingerprint density at radius 2 is 1.83 bits per heavy atom. The van der Waals surface area contributed by atoms with E-state index in [1.54, 1.807) is 37.1 Å². The lowest BCUT2D eigenvalue weighted by Gasteiger charge is -2.10. The van der Waals surface area contributed by atoms with E-state index >= 15 is 0 Å². The molecule has 0 saturated carbocycles. The van der Waals surface area contributed by atoms with Gasteiger partial charge in [0.05, 0.1) is 20.8 Å². The average Bonchev–Trinajstić information content (AvgIpc) is 2.41. The smallest absolute Gasteiger partial charge is 0.250 e. The summed E-state index contributed by atoms with van der Waals surface area (Å²) in [6, 6.07) is 10.7. The van der Waals surface area contributed by atoms with Crippen LogP contribution in [0.4, 0.5) is 0 Å². The van der Waals surface area contributed by atoms with Crippen LogP contribution in [0.1, 0.15) is 5.56 Å². The van der Waals surface area contributed by atoms with Crippen molar-refractivity contribution in [2.45, 2.75) is 6.54 Å². The largest absolute Gasteiger partial charge is 0.493 e. The average molecular weight is 245 g/mol. The Labute approximate surface area is 105 Å². The minimum absolute atomic E-state index is 0.0210. The van der Waals surface area contributed by atoms with E-state index in [1.165, 1.54) is 0 Å². The van der Waals surface area contributed by atoms with Gasteiger partial charge in [0.2, 0.25) is 0 Å². The molecular formula is C14H15NO3. The zero-order valence-corrected chi connectivity index (χ0v) is 10.4. The molecule has 1 aromatic heterocycles. The summed E-state index contributed by atoms with van der Waals surface area (Å²) in [4.78, 5) is 11.6. The van der Waals surface area contributed by atoms with Crippen LogP contribution >= 0.6 is 0 Å². The van der Waals surface area contributed by atoms with E-state index < -0.39 is 0 Å². The molecule has 4 heteroatoms. The molecule has 94 valence electrons. The van der Waals surface area contributed by atoms with Gasteiger partial charge >= 0.3 is 0 Å². The van der Waals surface area contributed by atoms with Crippen molar-refractivity contribution in [3.8, 4) is 11.5 Å². The van der Waals surface area contributed by atoms with Crippen LogP contribution in [-0.4, -0.2) is 18.8 Å². The molecule has 2 rings (SSSR count). The molecule has 0 atom stereocenters. The van der Waals surface area contributed by atoms with E-state index in [0.717, 1.165) is 5.56 Å². The Bertz CT molecular complexity index is 590. The van der Waals surface area contributed by atoms with Gasteiger partial charge in [0.1, 0.15) is 0 Å². The van der Waals surface area contributed by atoms with Gasteiger partial charge in [-0.15, -0.1) is 0 Å². The second-order valence-electron chi connectivity index (χ2n) is 3.86. The summed E-state index contributed by atoms with van der Waals surface area (Å²) in [5, 5.41) is 0. The maximum atomic E-state index is 11.6. The minimum Gasteiger partial charge on any atom is -0.493 e. The Hall–Kier alpha value is -2.23. The van der Waals surface area contributed by atoms with Gasteiger partial charge in [-0.25, -0.2) is 0 Å². The van der Waals surface area contributed by atoms with Crippen molar-refractivity contribution in [2.24, 2.45) is 0 Å². The van der Waals surface area contributed by atoms with Crippen molar-refractivity contribution in [1.29, 1.82) is 0 Å². The first-order chi connectivity index (χ1) is 8.74. The van der Waals surface area contributed by atoms with Gasteiger partial charge in [0, 0.05) is 12.3 Å². The Balaban J connectivity index is 2.30. The van der Waals surface area contributed by atoms with Crippen molar-refractivity contribution in [2.75, 3.05) is 14.2 Å². The highest BCUT2D eigenvalue weighted by Gasteiger charge is 2.05. The molecule has 0 saturated heterocycles. The molecule has 18 heavy (non-hydrogen) atoms. The predicted octanol–water partition coefficient (Wildman–Crippen LogP) is 1.91. The SMILES string of the molecule is COc1ccc(Cn2ccccc2=O)cc1OC. The van der Waals surface area contributed by atoms with Crippen LogP contribution in [0.5, 0.6) is 11.5 Å². The zero-order chi connectivity index (χ0) is 13.0. The third-order valence-electron chi connectivity index (χ3n) is 2.70. The molecule has 0 radical (unpaired) electrons. The molecule has 0 fully saturated rings. The topological polar surface area (TPSA) is 40.5 Å². The molecule has 2 aromatic rings. The number of hydrogen-bond acceptors (Lipinski definition) is 3. The van der Waals surface area contributed by atoms with Crippen molar-refractivity contribution in [1.82, 2.24) is 4.57 Å². The fourth-order valence-electron chi connectivity index (χ4n) is 1.77. The number of benzene rings is 1. The summed E-state index contributed by atoms with van der Waals surface area (Å²) < 4.78 is 12.0. The minimum atomic E-state index is -0.0210. The van der Waals surface area contributed by atoms with Crippen LogP contribution < -0.4 is 15.0 Å². The van der Waals surface area contributed by atoms with Gasteiger partial charge in [-0.05, 0) is 23.8 Å². The number of pyridine rings is 1. The monoisotopic (exact) mass is 245 g/mol. The van der Waals surface area contributed by atoms with Gasteiger partial charge < -0.3 is 14.0 Å². The number of methoxy groups -OCH3 is 2. The molecule has 0 N–H and O–H groups in total. The number of hydrogen-bond donors (Lipinski definition) is 0. The third-order valence-corrected chi connectivity index (χ3v) is 2.70. The molecule has 1 aromatic carbocycles. The summed E-state index contributed by atoms with van der Waals surface area (Å²) >= 11 is 0. The van der Waals surface area contributed by atoms with E-state index in [2.05, 4.69) is 0 Å². The summed E-state index contributed by atoms with van der Waals surface area (Å²) in [5.74, 6) is 1.35. The maximum Gasteiger partial charge on any atom is 0.250 e. The zero-order valence-electron chi connectivity index (χ0n) is 10.4. The fraction of sp³-hybridized carbons (Fsp3) is 0.214. The van der Waals surface area contributed by atoms with Crippen molar-refractivity contribution < 1.29 is 9.47 Å². The van der Waals surface area contributed by atoms with Crippen LogP contribution in [-0.2, 0) is 6.54 Å². The number of ether oxygens (including phenoxy) is 2. The Morgan fingerprint density at radius 1 is 1.06 bits per heavy atom. The van der Waals surface area contributed by atoms with Crippen molar-refractivity contribution in [3.63, 3.8) is 0 Å². The molecule has 0 bridgehead atoms. The van der Waals surface area contributed by atoms with Crippen LogP contribution in [0, 0.1) is 0 Å².